The summed E-state index contributed by atoms with van der Waals surface area (Å²) >= 11 is 0. The second-order valence-corrected chi connectivity index (χ2v) is 6.59. The van der Waals surface area contributed by atoms with E-state index in [1.807, 2.05) is 22.8 Å². The first-order chi connectivity index (χ1) is 13.5. The zero-order valence-electron chi connectivity index (χ0n) is 14.9. The van der Waals surface area contributed by atoms with Crippen LogP contribution in [0.4, 0.5) is 13.6 Å². The van der Waals surface area contributed by atoms with Gasteiger partial charge in [0.25, 0.3) is 0 Å². The molecule has 0 saturated heterocycles. The minimum atomic E-state index is -0.751. The Labute approximate surface area is 159 Å². The molecule has 0 aliphatic carbocycles. The quantitative estimate of drug-likeness (QED) is 0.709. The average molecular weight is 384 g/mol. The van der Waals surface area contributed by atoms with Crippen molar-refractivity contribution in [2.45, 2.75) is 18.9 Å². The number of nitrogens with zero attached hydrogens (tertiary/aromatic N) is 2. The molecule has 1 aromatic heterocycles. The normalized spacial score (nSPS) is 13.6. The number of hydrogen-bond donors (Lipinski definition) is 2. The second-order valence-electron chi connectivity index (χ2n) is 6.59. The predicted molar refractivity (Wildman–Crippen MR) is 98.3 cm³/mol. The Bertz CT molecular complexity index is 1010. The number of aromatic nitrogens is 2. The van der Waals surface area contributed by atoms with Crippen LogP contribution in [0.5, 0.6) is 5.75 Å². The lowest BCUT2D eigenvalue weighted by molar-refractivity contribution is 0.244. The molecule has 2 heterocycles. The molecule has 6 nitrogen and oxygen atoms in total. The van der Waals surface area contributed by atoms with Crippen LogP contribution in [-0.4, -0.2) is 22.2 Å². The van der Waals surface area contributed by atoms with Crippen LogP contribution in [0.2, 0.25) is 0 Å². The molecule has 8 heteroatoms. The number of carbonyl (C=O) groups excluding carboxylic acids is 1. The molecule has 3 aromatic rings. The van der Waals surface area contributed by atoms with Crippen molar-refractivity contribution in [2.75, 3.05) is 6.61 Å². The van der Waals surface area contributed by atoms with E-state index in [9.17, 15) is 13.6 Å². The molecular weight excluding hydrogens is 366 g/mol. The van der Waals surface area contributed by atoms with Crippen molar-refractivity contribution >= 4 is 6.03 Å². The number of imidazole rings is 1. The second kappa shape index (κ2) is 7.30. The van der Waals surface area contributed by atoms with E-state index in [1.54, 1.807) is 12.4 Å². The number of carbonyl (C=O) groups is 1. The van der Waals surface area contributed by atoms with Gasteiger partial charge in [-0.3, -0.25) is 0 Å². The summed E-state index contributed by atoms with van der Waals surface area (Å²) in [7, 11) is 0. The topological polar surface area (TPSA) is 82.2 Å². The van der Waals surface area contributed by atoms with E-state index >= 15 is 0 Å². The first-order valence-electron chi connectivity index (χ1n) is 8.80. The van der Waals surface area contributed by atoms with Crippen molar-refractivity contribution in [3.8, 4) is 11.4 Å². The summed E-state index contributed by atoms with van der Waals surface area (Å²) in [5, 5.41) is 2.62. The monoisotopic (exact) mass is 384 g/mol. The van der Waals surface area contributed by atoms with E-state index in [1.165, 1.54) is 12.1 Å². The number of rotatable bonds is 5. The fourth-order valence-electron chi connectivity index (χ4n) is 3.46. The zero-order valence-corrected chi connectivity index (χ0v) is 14.9. The summed E-state index contributed by atoms with van der Waals surface area (Å²) in [5.74, 6) is -0.0145. The van der Waals surface area contributed by atoms with E-state index in [4.69, 9.17) is 10.5 Å². The minimum Gasteiger partial charge on any atom is -0.493 e. The Morgan fingerprint density at radius 3 is 2.79 bits per heavy atom. The smallest absolute Gasteiger partial charge is 0.312 e. The van der Waals surface area contributed by atoms with Gasteiger partial charge in [0.2, 0.25) is 0 Å². The van der Waals surface area contributed by atoms with E-state index < -0.39 is 23.7 Å². The molecule has 144 valence electrons. The number of ether oxygens (including phenoxy) is 1. The Balaban J connectivity index is 1.70. The standard InChI is InChI=1S/C20H18F2N4O2/c21-14-7-12(8-15(22)11-14)9-17(25-20(23)27)19-24-4-5-26(19)16-1-2-18-13(10-16)3-6-28-18/h1-2,4-5,7-8,10-11,17H,3,6,9H2,(H3,23,25,27)/t17-/m0/s1. The van der Waals surface area contributed by atoms with Crippen molar-refractivity contribution in [3.63, 3.8) is 0 Å². The number of hydrogen-bond acceptors (Lipinski definition) is 3. The van der Waals surface area contributed by atoms with Crippen LogP contribution in [0.1, 0.15) is 23.0 Å². The molecule has 3 N–H and O–H groups in total. The highest BCUT2D eigenvalue weighted by atomic mass is 19.1. The van der Waals surface area contributed by atoms with Gasteiger partial charge in [-0.15, -0.1) is 0 Å². The third-order valence-electron chi connectivity index (χ3n) is 4.61. The highest BCUT2D eigenvalue weighted by Gasteiger charge is 2.22. The summed E-state index contributed by atoms with van der Waals surface area (Å²) in [6.07, 6.45) is 4.30. The number of nitrogens with one attached hydrogen (secondary N) is 1. The maximum absolute atomic E-state index is 13.6. The number of benzene rings is 2. The molecule has 1 atom stereocenters. The van der Waals surface area contributed by atoms with E-state index in [0.29, 0.717) is 18.0 Å². The lowest BCUT2D eigenvalue weighted by atomic mass is 10.0. The van der Waals surface area contributed by atoms with Gasteiger partial charge in [-0.1, -0.05) is 0 Å². The number of halogens is 2. The van der Waals surface area contributed by atoms with E-state index in [0.717, 1.165) is 29.5 Å². The number of primary amides is 1. The fourth-order valence-corrected chi connectivity index (χ4v) is 3.46. The molecule has 0 radical (unpaired) electrons. The van der Waals surface area contributed by atoms with Crippen LogP contribution in [0, 0.1) is 11.6 Å². The average Bonchev–Trinajstić information content (AvgIpc) is 3.28. The SMILES string of the molecule is NC(=O)N[C@@H](Cc1cc(F)cc(F)c1)c1nccn1-c1ccc2c(c1)CCO2. The minimum absolute atomic E-state index is 0.128. The van der Waals surface area contributed by atoms with Crippen LogP contribution in [0.15, 0.2) is 48.8 Å². The molecule has 4 rings (SSSR count). The molecule has 0 saturated carbocycles. The van der Waals surface area contributed by atoms with Crippen LogP contribution < -0.4 is 15.8 Å². The van der Waals surface area contributed by atoms with Crippen LogP contribution in [0.3, 0.4) is 0 Å². The molecule has 0 bridgehead atoms. The number of urea groups is 1. The number of nitrogens with two attached hydrogens (primary N) is 1. The summed E-state index contributed by atoms with van der Waals surface area (Å²) < 4.78 is 34.5. The van der Waals surface area contributed by atoms with Crippen molar-refractivity contribution in [1.82, 2.24) is 14.9 Å². The molecule has 28 heavy (non-hydrogen) atoms. The molecule has 1 aliphatic heterocycles. The summed E-state index contributed by atoms with van der Waals surface area (Å²) in [5.41, 5.74) is 7.64. The fraction of sp³-hybridized carbons (Fsp3) is 0.200. The molecule has 0 spiro atoms. The van der Waals surface area contributed by atoms with Crippen LogP contribution in [0.25, 0.3) is 5.69 Å². The lowest BCUT2D eigenvalue weighted by Gasteiger charge is -2.19. The Kier molecular flexibility index (Phi) is 4.68. The van der Waals surface area contributed by atoms with Gasteiger partial charge in [-0.05, 0) is 41.5 Å². The van der Waals surface area contributed by atoms with Gasteiger partial charge >= 0.3 is 6.03 Å². The zero-order chi connectivity index (χ0) is 19.7. The van der Waals surface area contributed by atoms with Gasteiger partial charge in [0.05, 0.1) is 12.6 Å². The molecule has 0 fully saturated rings. The third kappa shape index (κ3) is 3.66. The Morgan fingerprint density at radius 2 is 2.04 bits per heavy atom. The number of fused-ring (bicyclic) bond motifs is 1. The molecule has 2 aromatic carbocycles. The highest BCUT2D eigenvalue weighted by Crippen LogP contribution is 2.29. The van der Waals surface area contributed by atoms with Gasteiger partial charge in [0.1, 0.15) is 23.2 Å². The molecular formula is C20H18F2N4O2. The van der Waals surface area contributed by atoms with E-state index in [2.05, 4.69) is 10.3 Å². The molecule has 1 aliphatic rings. The van der Waals surface area contributed by atoms with E-state index in [-0.39, 0.29) is 6.42 Å². The van der Waals surface area contributed by atoms with Crippen molar-refractivity contribution in [2.24, 2.45) is 5.73 Å². The van der Waals surface area contributed by atoms with Gasteiger partial charge in [0.15, 0.2) is 0 Å². The Morgan fingerprint density at radius 1 is 1.25 bits per heavy atom. The van der Waals surface area contributed by atoms with Gasteiger partial charge in [-0.2, -0.15) is 0 Å². The molecule has 2 amide bonds. The summed E-state index contributed by atoms with van der Waals surface area (Å²) in [4.78, 5) is 15.9. The van der Waals surface area contributed by atoms with Crippen molar-refractivity contribution < 1.29 is 18.3 Å². The van der Waals surface area contributed by atoms with Gasteiger partial charge in [-0.25, -0.2) is 18.6 Å². The predicted octanol–water partition coefficient (Wildman–Crippen LogP) is 3.04. The Hall–Kier alpha value is -3.42. The highest BCUT2D eigenvalue weighted by molar-refractivity contribution is 5.72. The first kappa shape index (κ1) is 18.0. The maximum Gasteiger partial charge on any atom is 0.312 e. The number of amides is 2. The summed E-state index contributed by atoms with van der Waals surface area (Å²) in [6, 6.07) is 7.59. The van der Waals surface area contributed by atoms with Gasteiger partial charge in [0, 0.05) is 37.0 Å². The third-order valence-corrected chi connectivity index (χ3v) is 4.61. The van der Waals surface area contributed by atoms with Crippen molar-refractivity contribution in [1.29, 1.82) is 0 Å². The first-order valence-corrected chi connectivity index (χ1v) is 8.80. The maximum atomic E-state index is 13.6. The van der Waals surface area contributed by atoms with Crippen molar-refractivity contribution in [3.05, 3.63) is 77.4 Å². The molecule has 0 unspecified atom stereocenters. The van der Waals surface area contributed by atoms with Crippen LogP contribution >= 0.6 is 0 Å². The largest absolute Gasteiger partial charge is 0.493 e. The summed E-state index contributed by atoms with van der Waals surface area (Å²) in [6.45, 7) is 0.645. The lowest BCUT2D eigenvalue weighted by Crippen LogP contribution is -2.35. The van der Waals surface area contributed by atoms with Crippen LogP contribution in [-0.2, 0) is 12.8 Å². The van der Waals surface area contributed by atoms with Gasteiger partial charge < -0.3 is 20.4 Å².